The van der Waals surface area contributed by atoms with Crippen LogP contribution in [0.25, 0.3) is 22.3 Å². The van der Waals surface area contributed by atoms with Crippen molar-refractivity contribution in [2.24, 2.45) is 5.41 Å². The van der Waals surface area contributed by atoms with Crippen LogP contribution in [0.1, 0.15) is 12.8 Å². The summed E-state index contributed by atoms with van der Waals surface area (Å²) >= 11 is 0. The number of pyridine rings is 1. The van der Waals surface area contributed by atoms with E-state index in [1.54, 1.807) is 6.20 Å². The number of carbonyl (C=O) groups excluding carboxylic acids is 1. The van der Waals surface area contributed by atoms with Crippen molar-refractivity contribution in [1.29, 1.82) is 0 Å². The Morgan fingerprint density at radius 1 is 1.21 bits per heavy atom. The summed E-state index contributed by atoms with van der Waals surface area (Å²) in [7, 11) is 1.44. The maximum atomic E-state index is 11.9. The first kappa shape index (κ1) is 17.7. The highest BCUT2D eigenvalue weighted by Gasteiger charge is 2.45. The van der Waals surface area contributed by atoms with Crippen molar-refractivity contribution < 1.29 is 9.53 Å². The number of nitrogens with two attached hydrogens (primary N) is 1. The zero-order valence-electron chi connectivity index (χ0n) is 16.3. The lowest BCUT2D eigenvalue weighted by atomic mass is 9.86. The predicted octanol–water partition coefficient (Wildman–Crippen LogP) is 2.27. The average Bonchev–Trinajstić information content (AvgIpc) is 3.46. The summed E-state index contributed by atoms with van der Waals surface area (Å²) in [5.74, 6) is 0.247. The summed E-state index contributed by atoms with van der Waals surface area (Å²) in [6.45, 7) is 3.33. The summed E-state index contributed by atoms with van der Waals surface area (Å²) in [5.41, 5.74) is 9.57. The topological polar surface area (TPSA) is 113 Å². The summed E-state index contributed by atoms with van der Waals surface area (Å²) in [6, 6.07) is 3.91. The lowest BCUT2D eigenvalue weighted by Crippen LogP contribution is -2.34. The number of H-pyrrole nitrogens is 1. The molecule has 150 valence electrons. The monoisotopic (exact) mass is 393 g/mol. The number of likely N-dealkylation sites (tertiary alicyclic amines) is 1. The minimum absolute atomic E-state index is 0.111. The number of aromatic nitrogens is 4. The fourth-order valence-electron chi connectivity index (χ4n) is 4.72. The van der Waals surface area contributed by atoms with Crippen molar-refractivity contribution >= 4 is 28.8 Å². The minimum atomic E-state index is -0.235. The maximum absolute atomic E-state index is 11.9. The molecule has 2 aliphatic heterocycles. The number of aromatic amines is 1. The molecule has 1 amide bonds. The minimum Gasteiger partial charge on any atom is -0.453 e. The Bertz CT molecular complexity index is 1080. The van der Waals surface area contributed by atoms with Gasteiger partial charge in [-0.25, -0.2) is 19.7 Å². The molecule has 0 radical (unpaired) electrons. The van der Waals surface area contributed by atoms with Crippen LogP contribution in [0.5, 0.6) is 0 Å². The fourth-order valence-corrected chi connectivity index (χ4v) is 4.72. The molecule has 1 spiro atoms. The third kappa shape index (κ3) is 2.93. The van der Waals surface area contributed by atoms with Crippen LogP contribution < -0.4 is 10.6 Å². The van der Waals surface area contributed by atoms with E-state index in [0.29, 0.717) is 0 Å². The van der Waals surface area contributed by atoms with Crippen LogP contribution in [-0.4, -0.2) is 64.2 Å². The summed E-state index contributed by atoms with van der Waals surface area (Å²) in [5, 5.41) is 1.03. The average molecular weight is 393 g/mol. The highest BCUT2D eigenvalue weighted by Crippen LogP contribution is 2.43. The van der Waals surface area contributed by atoms with E-state index in [1.807, 2.05) is 23.4 Å². The van der Waals surface area contributed by atoms with Gasteiger partial charge in [0.05, 0.1) is 23.9 Å². The number of nitrogens with one attached hydrogen (secondary N) is 1. The molecule has 0 aliphatic carbocycles. The summed E-state index contributed by atoms with van der Waals surface area (Å²) in [6.07, 6.45) is 7.22. The number of rotatable bonds is 2. The molecule has 0 aromatic carbocycles. The molecule has 3 aromatic heterocycles. The van der Waals surface area contributed by atoms with E-state index < -0.39 is 0 Å². The molecule has 3 N–H and O–H groups in total. The molecule has 5 rings (SSSR count). The fraction of sp³-hybridized carbons (Fsp3) is 0.400. The van der Waals surface area contributed by atoms with Crippen LogP contribution in [-0.2, 0) is 4.74 Å². The van der Waals surface area contributed by atoms with Crippen molar-refractivity contribution in [2.75, 3.05) is 43.9 Å². The Labute approximate surface area is 167 Å². The summed E-state index contributed by atoms with van der Waals surface area (Å²) < 4.78 is 4.91. The first-order valence-electron chi connectivity index (χ1n) is 9.71. The zero-order chi connectivity index (χ0) is 20.0. The quantitative estimate of drug-likeness (QED) is 0.686. The molecule has 29 heavy (non-hydrogen) atoms. The van der Waals surface area contributed by atoms with Crippen LogP contribution >= 0.6 is 0 Å². The molecule has 2 fully saturated rings. The largest absolute Gasteiger partial charge is 0.453 e. The number of hydrogen-bond donors (Lipinski definition) is 2. The Morgan fingerprint density at radius 3 is 2.86 bits per heavy atom. The molecule has 3 aromatic rings. The molecule has 1 atom stereocenters. The summed E-state index contributed by atoms with van der Waals surface area (Å²) in [4.78, 5) is 32.3. The van der Waals surface area contributed by atoms with Gasteiger partial charge in [-0.2, -0.15) is 0 Å². The van der Waals surface area contributed by atoms with Gasteiger partial charge in [-0.05, 0) is 25.0 Å². The zero-order valence-corrected chi connectivity index (χ0v) is 16.3. The smallest absolute Gasteiger partial charge is 0.409 e. The van der Waals surface area contributed by atoms with Gasteiger partial charge in [0.1, 0.15) is 5.65 Å². The van der Waals surface area contributed by atoms with Gasteiger partial charge in [-0.15, -0.1) is 0 Å². The normalized spacial score (nSPS) is 21.4. The lowest BCUT2D eigenvalue weighted by molar-refractivity contribution is 0.128. The van der Waals surface area contributed by atoms with Gasteiger partial charge in [0.15, 0.2) is 0 Å². The number of nitrogen functional groups attached to an aromatic ring is 1. The Morgan fingerprint density at radius 2 is 2.03 bits per heavy atom. The van der Waals surface area contributed by atoms with Crippen LogP contribution in [0.3, 0.4) is 0 Å². The second-order valence-corrected chi connectivity index (χ2v) is 7.87. The van der Waals surface area contributed by atoms with Gasteiger partial charge in [0.2, 0.25) is 5.95 Å². The SMILES string of the molecule is COC(=O)N1CCC2(CCN(c3ccnc4[nH]cc(-c5ccnc(N)n5)c34)C2)C1. The van der Waals surface area contributed by atoms with Crippen molar-refractivity contribution in [2.45, 2.75) is 12.8 Å². The Kier molecular flexibility index (Phi) is 4.04. The molecule has 2 saturated heterocycles. The van der Waals surface area contributed by atoms with Crippen LogP contribution in [0.2, 0.25) is 0 Å². The number of amides is 1. The van der Waals surface area contributed by atoms with Crippen LogP contribution in [0, 0.1) is 5.41 Å². The van der Waals surface area contributed by atoms with Crippen LogP contribution in [0.15, 0.2) is 30.7 Å². The van der Waals surface area contributed by atoms with E-state index in [-0.39, 0.29) is 17.5 Å². The molecular formula is C20H23N7O2. The van der Waals surface area contributed by atoms with E-state index >= 15 is 0 Å². The Balaban J connectivity index is 1.49. The highest BCUT2D eigenvalue weighted by molar-refractivity contribution is 6.02. The predicted molar refractivity (Wildman–Crippen MR) is 109 cm³/mol. The van der Waals surface area contributed by atoms with Gasteiger partial charge in [-0.1, -0.05) is 0 Å². The van der Waals surface area contributed by atoms with Crippen LogP contribution in [0.4, 0.5) is 16.4 Å². The van der Waals surface area contributed by atoms with Gasteiger partial charge < -0.3 is 25.3 Å². The lowest BCUT2D eigenvalue weighted by Gasteiger charge is -2.25. The maximum Gasteiger partial charge on any atom is 0.409 e. The third-order valence-corrected chi connectivity index (χ3v) is 6.15. The standard InChI is InChI=1S/C20H23N7O2/c1-29-19(28)27-9-5-20(12-27)4-8-26(11-20)15-3-7-22-17-16(15)13(10-24-17)14-2-6-23-18(21)25-14/h2-3,6-7,10H,4-5,8-9,11-12H2,1H3,(H,22,24)(H2,21,23,25). The second kappa shape index (κ2) is 6.61. The van der Waals surface area contributed by atoms with Gasteiger partial charge in [0, 0.05) is 55.7 Å². The molecule has 2 aliphatic rings. The molecule has 0 saturated carbocycles. The van der Waals surface area contributed by atoms with E-state index in [1.165, 1.54) is 7.11 Å². The van der Waals surface area contributed by atoms with E-state index in [9.17, 15) is 4.79 Å². The third-order valence-electron chi connectivity index (χ3n) is 6.15. The number of methoxy groups -OCH3 is 1. The van der Waals surface area contributed by atoms with E-state index in [2.05, 4.69) is 30.9 Å². The van der Waals surface area contributed by atoms with Crippen molar-refractivity contribution in [1.82, 2.24) is 24.8 Å². The first-order chi connectivity index (χ1) is 14.1. The number of fused-ring (bicyclic) bond motifs is 1. The van der Waals surface area contributed by atoms with Crippen molar-refractivity contribution in [3.05, 3.63) is 30.7 Å². The highest BCUT2D eigenvalue weighted by atomic mass is 16.5. The molecular weight excluding hydrogens is 370 g/mol. The molecule has 1 unspecified atom stereocenters. The molecule has 9 heteroatoms. The van der Waals surface area contributed by atoms with Crippen molar-refractivity contribution in [3.8, 4) is 11.3 Å². The second-order valence-electron chi connectivity index (χ2n) is 7.87. The number of ether oxygens (including phenoxy) is 1. The van der Waals surface area contributed by atoms with Gasteiger partial charge >= 0.3 is 6.09 Å². The number of hydrogen-bond acceptors (Lipinski definition) is 7. The van der Waals surface area contributed by atoms with Gasteiger partial charge in [0.25, 0.3) is 0 Å². The Hall–Kier alpha value is -3.36. The number of nitrogens with zero attached hydrogens (tertiary/aromatic N) is 5. The number of anilines is 2. The van der Waals surface area contributed by atoms with Crippen molar-refractivity contribution in [3.63, 3.8) is 0 Å². The van der Waals surface area contributed by atoms with E-state index in [0.717, 1.165) is 67.0 Å². The van der Waals surface area contributed by atoms with E-state index in [4.69, 9.17) is 10.5 Å². The molecule has 9 nitrogen and oxygen atoms in total. The molecule has 5 heterocycles. The molecule has 0 bridgehead atoms. The first-order valence-corrected chi connectivity index (χ1v) is 9.71. The van der Waals surface area contributed by atoms with Gasteiger partial charge in [-0.3, -0.25) is 0 Å². The number of carbonyl (C=O) groups is 1.